The Balaban J connectivity index is 0.000000136. The van der Waals surface area contributed by atoms with Crippen molar-refractivity contribution in [1.29, 1.82) is 0 Å². The Labute approximate surface area is 631 Å². The average molecular weight is 1400 g/mol. The molecule has 8 heteroatoms. The van der Waals surface area contributed by atoms with Gasteiger partial charge in [0, 0.05) is 90.1 Å². The van der Waals surface area contributed by atoms with Crippen molar-refractivity contribution in [3.63, 3.8) is 0 Å². The zero-order valence-electron chi connectivity index (χ0n) is 59.2. The number of nitrogens with zero attached hydrogens (tertiary/aromatic N) is 8. The summed E-state index contributed by atoms with van der Waals surface area (Å²) in [6.45, 7) is 0. The van der Waals surface area contributed by atoms with Crippen LogP contribution in [0, 0.1) is 0 Å². The predicted molar refractivity (Wildman–Crippen MR) is 457 cm³/mol. The van der Waals surface area contributed by atoms with Crippen molar-refractivity contribution < 1.29 is 0 Å². The summed E-state index contributed by atoms with van der Waals surface area (Å²) in [5, 5.41) is 21.5. The molecule has 8 nitrogen and oxygen atoms in total. The molecule has 0 aliphatic heterocycles. The van der Waals surface area contributed by atoms with Crippen LogP contribution < -0.4 is 0 Å². The van der Waals surface area contributed by atoms with Crippen molar-refractivity contribution >= 4 is 141 Å². The van der Waals surface area contributed by atoms with Crippen LogP contribution in [0.2, 0.25) is 0 Å². The Morgan fingerprint density at radius 2 is 0.482 bits per heavy atom. The van der Waals surface area contributed by atoms with E-state index < -0.39 is 0 Å². The highest BCUT2D eigenvalue weighted by Crippen LogP contribution is 2.43. The van der Waals surface area contributed by atoms with Gasteiger partial charge in [-0.3, -0.25) is 19.9 Å². The van der Waals surface area contributed by atoms with Gasteiger partial charge < -0.3 is 0 Å². The minimum Gasteiger partial charge on any atom is -0.254 e. The Hall–Kier alpha value is -14.9. The average Bonchev–Trinajstić information content (AvgIpc) is 0.734. The van der Waals surface area contributed by atoms with Gasteiger partial charge in [0.25, 0.3) is 0 Å². The molecule has 0 unspecified atom stereocenters. The lowest BCUT2D eigenvalue weighted by molar-refractivity contribution is 1.37. The van der Waals surface area contributed by atoms with Gasteiger partial charge in [-0.05, 0) is 189 Å². The van der Waals surface area contributed by atoms with Gasteiger partial charge in [0.2, 0.25) is 0 Å². The molecular formula is C102H60N8. The highest BCUT2D eigenvalue weighted by Gasteiger charge is 2.19. The zero-order valence-corrected chi connectivity index (χ0v) is 59.2. The first-order valence-electron chi connectivity index (χ1n) is 37.1. The van der Waals surface area contributed by atoms with Gasteiger partial charge in [-0.15, -0.1) is 0 Å². The number of rotatable bonds is 8. The number of fused-ring (bicyclic) bond motifs is 13. The number of aromatic nitrogens is 8. The number of hydrogen-bond donors (Lipinski definition) is 0. The Bertz CT molecular complexity index is 7710. The normalized spacial score (nSPS) is 11.8. The largest absolute Gasteiger partial charge is 0.254 e. The second-order valence-corrected chi connectivity index (χ2v) is 28.5. The Morgan fingerprint density at radius 1 is 0.155 bits per heavy atom. The molecule has 0 radical (unpaired) electrons. The van der Waals surface area contributed by atoms with E-state index in [1.807, 2.05) is 49.1 Å². The molecule has 8 aromatic heterocycles. The summed E-state index contributed by atoms with van der Waals surface area (Å²) in [4.78, 5) is 39.4. The van der Waals surface area contributed by atoms with Crippen molar-refractivity contribution in [3.8, 4) is 89.5 Å². The third-order valence-corrected chi connectivity index (χ3v) is 22.2. The highest BCUT2D eigenvalue weighted by atomic mass is 14.8. The lowest BCUT2D eigenvalue weighted by Gasteiger charge is -2.14. The van der Waals surface area contributed by atoms with E-state index in [1.54, 1.807) is 0 Å². The summed E-state index contributed by atoms with van der Waals surface area (Å²) < 4.78 is 0. The molecule has 0 spiro atoms. The molecule has 0 bridgehead atoms. The summed E-state index contributed by atoms with van der Waals surface area (Å²) >= 11 is 0. The maximum Gasteiger partial charge on any atom is 0.0970 e. The molecule has 23 aromatic rings. The molecule has 0 atom stereocenters. The fourth-order valence-corrected chi connectivity index (χ4v) is 16.7. The molecule has 23 rings (SSSR count). The van der Waals surface area contributed by atoms with E-state index >= 15 is 0 Å². The van der Waals surface area contributed by atoms with E-state index in [0.717, 1.165) is 160 Å². The molecule has 8 heterocycles. The summed E-state index contributed by atoms with van der Waals surface area (Å²) in [6.07, 6.45) is 7.32. The first-order chi connectivity index (χ1) is 54.4. The molecule has 0 aliphatic rings. The van der Waals surface area contributed by atoms with Crippen molar-refractivity contribution in [2.45, 2.75) is 0 Å². The lowest BCUT2D eigenvalue weighted by atomic mass is 9.89. The summed E-state index contributed by atoms with van der Waals surface area (Å²) in [5.41, 5.74) is 24.7. The third-order valence-electron chi connectivity index (χ3n) is 22.2. The van der Waals surface area contributed by atoms with Gasteiger partial charge in [-0.2, -0.15) is 0 Å². The highest BCUT2D eigenvalue weighted by molar-refractivity contribution is 6.26. The lowest BCUT2D eigenvalue weighted by Crippen LogP contribution is -1.90. The van der Waals surface area contributed by atoms with E-state index in [1.165, 1.54) is 70.6 Å². The quantitative estimate of drug-likeness (QED) is 0.139. The fourth-order valence-electron chi connectivity index (χ4n) is 16.7. The van der Waals surface area contributed by atoms with Gasteiger partial charge in [-0.1, -0.05) is 249 Å². The first kappa shape index (κ1) is 62.5. The first-order valence-corrected chi connectivity index (χ1v) is 37.1. The molecular weight excluding hydrogens is 1340 g/mol. The number of benzene rings is 15. The molecule has 15 aromatic carbocycles. The maximum atomic E-state index is 5.22. The zero-order chi connectivity index (χ0) is 72.3. The van der Waals surface area contributed by atoms with Gasteiger partial charge >= 0.3 is 0 Å². The van der Waals surface area contributed by atoms with Crippen molar-refractivity contribution in [1.82, 2.24) is 39.9 Å². The topological polar surface area (TPSA) is 103 Å². The monoisotopic (exact) mass is 1400 g/mol. The molecule has 110 heavy (non-hydrogen) atoms. The van der Waals surface area contributed by atoms with Crippen LogP contribution in [0.25, 0.3) is 231 Å². The minimum absolute atomic E-state index is 0.918. The van der Waals surface area contributed by atoms with E-state index in [2.05, 4.69) is 325 Å². The van der Waals surface area contributed by atoms with Crippen molar-refractivity contribution in [2.75, 3.05) is 0 Å². The second-order valence-electron chi connectivity index (χ2n) is 28.5. The van der Waals surface area contributed by atoms with Crippen LogP contribution >= 0.6 is 0 Å². The number of pyridine rings is 8. The van der Waals surface area contributed by atoms with E-state index in [-0.39, 0.29) is 0 Å². The molecule has 0 aliphatic carbocycles. The molecule has 0 fully saturated rings. The van der Waals surface area contributed by atoms with Crippen LogP contribution in [-0.4, -0.2) is 39.9 Å². The van der Waals surface area contributed by atoms with E-state index in [9.17, 15) is 0 Å². The third kappa shape index (κ3) is 10.7. The van der Waals surface area contributed by atoms with Gasteiger partial charge in [-0.25, -0.2) is 19.9 Å². The van der Waals surface area contributed by atoms with Crippen molar-refractivity contribution in [2.24, 2.45) is 0 Å². The SMILES string of the molecule is c1ccc2c(c1)cc(-c1ccc3ccc(-c4ccc5ccc(-c6ccc(-c7cc8cccnc8c8ncccc78)cc6)nc5c4)nc3c1)c1ccccc12.c1cnc2c(c1)cc(-c1ccc(-c3ccc4ccc(-c5ccc6ccc(-c7ccc8ccc9cccc%10ccc7c8c9%10)cc6n5)cc4n3)cc1)c1cccnc12. The van der Waals surface area contributed by atoms with Crippen LogP contribution in [-0.2, 0) is 0 Å². The van der Waals surface area contributed by atoms with Crippen LogP contribution in [0.4, 0.5) is 0 Å². The smallest absolute Gasteiger partial charge is 0.0970 e. The second kappa shape index (κ2) is 25.4. The van der Waals surface area contributed by atoms with Gasteiger partial charge in [0.1, 0.15) is 0 Å². The number of hydrogen-bond acceptors (Lipinski definition) is 8. The van der Waals surface area contributed by atoms with Crippen LogP contribution in [0.1, 0.15) is 0 Å². The molecule has 0 amide bonds. The molecule has 0 N–H and O–H groups in total. The van der Waals surface area contributed by atoms with Gasteiger partial charge in [0.15, 0.2) is 0 Å². The van der Waals surface area contributed by atoms with E-state index in [0.29, 0.717) is 0 Å². The molecule has 508 valence electrons. The molecule has 0 saturated heterocycles. The fraction of sp³-hybridized carbons (Fsp3) is 0. The summed E-state index contributed by atoms with van der Waals surface area (Å²) in [7, 11) is 0. The molecule has 0 saturated carbocycles. The Morgan fingerprint density at radius 3 is 1.00 bits per heavy atom. The summed E-state index contributed by atoms with van der Waals surface area (Å²) in [6, 6.07) is 121. The van der Waals surface area contributed by atoms with Crippen LogP contribution in [0.5, 0.6) is 0 Å². The van der Waals surface area contributed by atoms with Gasteiger partial charge in [0.05, 0.1) is 66.9 Å². The standard InChI is InChI=1S/C52H30N4.C50H30N4/c1-4-35-14-15-37-18-22-41(42-23-19-36(5-1)49(35)50(37)42)38-16-12-33-21-25-46(56-47(33)29-38)39-17-13-34-20-24-45(55-48(34)30-39)32-10-8-31(9-11-32)44-28-40-6-2-26-53-51(40)52-43(44)7-3-27-54-52;1-2-9-39-35(7-1)27-44(41-11-4-3-10-40(39)41)36-19-17-33-22-24-46(54-47(33)29-36)37-20-18-34-21-23-45(53-48(34)30-37)32-15-13-31(14-16-32)43-28-38-8-5-25-51-49(38)50-42(43)12-6-26-52-50/h1-30H;1-30H. The summed E-state index contributed by atoms with van der Waals surface area (Å²) in [5.74, 6) is 0. The maximum absolute atomic E-state index is 5.22. The Kier molecular flexibility index (Phi) is 14.5. The predicted octanol–water partition coefficient (Wildman–Crippen LogP) is 26.3. The minimum atomic E-state index is 0.918. The van der Waals surface area contributed by atoms with E-state index in [4.69, 9.17) is 29.9 Å². The van der Waals surface area contributed by atoms with Crippen LogP contribution in [0.3, 0.4) is 0 Å². The van der Waals surface area contributed by atoms with Crippen LogP contribution in [0.15, 0.2) is 365 Å². The van der Waals surface area contributed by atoms with Crippen molar-refractivity contribution in [3.05, 3.63) is 365 Å².